The van der Waals surface area contributed by atoms with E-state index in [4.69, 9.17) is 37.9 Å². The maximum absolute atomic E-state index is 12.4. The van der Waals surface area contributed by atoms with Crippen molar-refractivity contribution in [3.63, 3.8) is 0 Å². The molecule has 0 aliphatic carbocycles. The molecule has 0 unspecified atom stereocenters. The number of carbonyl (C=O) groups excluding carboxylic acids is 1. The molecule has 1 amide bonds. The molecule has 0 bridgehead atoms. The Hall–Kier alpha value is -2.87. The number of rotatable bonds is 14. The first kappa shape index (κ1) is 45.2. The van der Waals surface area contributed by atoms with Gasteiger partial charge in [0.15, 0.2) is 18.9 Å². The van der Waals surface area contributed by atoms with E-state index >= 15 is 0 Å². The summed E-state index contributed by atoms with van der Waals surface area (Å²) in [5.41, 5.74) is -0.262. The molecule has 0 radical (unpaired) electrons. The molecule has 0 spiro atoms. The Bertz CT molecular complexity index is 1460. The van der Waals surface area contributed by atoms with E-state index in [1.807, 2.05) is 0 Å². The summed E-state index contributed by atoms with van der Waals surface area (Å²) < 4.78 is 45.2. The SMILES string of the molecule is CC(=O)N[C@H]1[C@@H](O[C@H]2[C@@H](O)[C@@H](O[C@@H]3[C@@H](O)[C@@H](O)[C@@H](Oc4ccc([N+](=O)[O-])cc4)O[C@@H]3CO)O[C@H](CO)[C@H]2O)O[C@H](CO)[C@H](O)[C@H]1O[C@H]1O[C@H](CO)[C@@H](O)[C@@H](O)[C@H]1O. The highest BCUT2D eigenvalue weighted by atomic mass is 16.8. The molecular formula is C32H48N2O23. The number of nitro benzene ring substituents is 1. The second kappa shape index (κ2) is 19.5. The summed E-state index contributed by atoms with van der Waals surface area (Å²) in [5, 5.41) is 140. The molecule has 4 aliphatic heterocycles. The molecule has 0 saturated carbocycles. The zero-order chi connectivity index (χ0) is 41.9. The average Bonchev–Trinajstić information content (AvgIpc) is 3.19. The van der Waals surface area contributed by atoms with Gasteiger partial charge in [-0.2, -0.15) is 0 Å². The third-order valence-corrected chi connectivity index (χ3v) is 9.89. The lowest BCUT2D eigenvalue weighted by molar-refractivity contribution is -0.384. The normalized spacial score (nSPS) is 43.9. The smallest absolute Gasteiger partial charge is 0.269 e. The topological polar surface area (TPSA) is 389 Å². The van der Waals surface area contributed by atoms with Gasteiger partial charge >= 0.3 is 0 Å². The van der Waals surface area contributed by atoms with E-state index in [-0.39, 0.29) is 11.4 Å². The molecule has 20 atom stereocenters. The fourth-order valence-electron chi connectivity index (χ4n) is 6.80. The number of non-ortho nitro benzene ring substituents is 1. The largest absolute Gasteiger partial charge is 0.462 e. The van der Waals surface area contributed by atoms with Crippen LogP contribution in [0.5, 0.6) is 5.75 Å². The van der Waals surface area contributed by atoms with Gasteiger partial charge in [-0.3, -0.25) is 14.9 Å². The van der Waals surface area contributed by atoms with Gasteiger partial charge in [-0.1, -0.05) is 0 Å². The molecule has 4 heterocycles. The summed E-state index contributed by atoms with van der Waals surface area (Å²) in [5.74, 6) is -0.800. The third-order valence-electron chi connectivity index (χ3n) is 9.89. The zero-order valence-electron chi connectivity index (χ0n) is 30.0. The lowest BCUT2D eigenvalue weighted by Gasteiger charge is -2.50. The molecular weight excluding hydrogens is 780 g/mol. The van der Waals surface area contributed by atoms with Gasteiger partial charge in [0, 0.05) is 19.1 Å². The van der Waals surface area contributed by atoms with Crippen molar-refractivity contribution in [1.29, 1.82) is 0 Å². The first-order valence-corrected chi connectivity index (χ1v) is 17.7. The van der Waals surface area contributed by atoms with Crippen LogP contribution in [0.4, 0.5) is 5.69 Å². The predicted octanol–water partition coefficient (Wildman–Crippen LogP) is -7.61. The van der Waals surface area contributed by atoms with Gasteiger partial charge < -0.3 is 104 Å². The summed E-state index contributed by atoms with van der Waals surface area (Å²) in [7, 11) is 0. The fourth-order valence-corrected chi connectivity index (χ4v) is 6.80. The van der Waals surface area contributed by atoms with Crippen LogP contribution >= 0.6 is 0 Å². The number of aliphatic hydroxyl groups excluding tert-OH is 12. The number of hydrogen-bond acceptors (Lipinski definition) is 23. The number of nitrogens with one attached hydrogen (secondary N) is 1. The molecule has 0 aromatic heterocycles. The standard InChI is InChI=1S/C32H48N2O23/c1-10(39)33-17-27(56-31-23(45)21(43)18(40)13(6-35)52-31)19(41)14(7-36)51-29(17)57-28-20(42)15(8-37)53-32(25(28)47)55-26-16(9-38)54-30(24(46)22(26)44)50-12-4-2-11(3-5-12)34(48)49/h2-5,13-32,35-38,40-47H,6-9H2,1H3,(H,33,39)/t13-,14-,15-,16-,17-,18-,19+,20-,21-,22+,23-,24-,25-,26+,27+,28-,29-,30+,31-,32-/m1/s1. The van der Waals surface area contributed by atoms with E-state index in [9.17, 15) is 76.2 Å². The average molecular weight is 829 g/mol. The lowest BCUT2D eigenvalue weighted by Crippen LogP contribution is -2.70. The van der Waals surface area contributed by atoms with Crippen molar-refractivity contribution in [1.82, 2.24) is 5.32 Å². The summed E-state index contributed by atoms with van der Waals surface area (Å²) in [4.78, 5) is 22.7. The number of aliphatic hydroxyl groups is 12. The molecule has 1 aromatic rings. The van der Waals surface area contributed by atoms with Crippen LogP contribution in [-0.4, -0.2) is 221 Å². The highest BCUT2D eigenvalue weighted by Crippen LogP contribution is 2.35. The predicted molar refractivity (Wildman–Crippen MR) is 177 cm³/mol. The van der Waals surface area contributed by atoms with E-state index in [0.717, 1.165) is 19.1 Å². The van der Waals surface area contributed by atoms with Crippen molar-refractivity contribution in [3.05, 3.63) is 34.4 Å². The van der Waals surface area contributed by atoms with Crippen molar-refractivity contribution in [2.45, 2.75) is 130 Å². The Kier molecular flexibility index (Phi) is 15.4. The summed E-state index contributed by atoms with van der Waals surface area (Å²) in [6.07, 6.45) is -34.2. The van der Waals surface area contributed by atoms with Gasteiger partial charge in [0.25, 0.3) is 5.69 Å². The molecule has 4 aliphatic rings. The number of nitro groups is 1. The van der Waals surface area contributed by atoms with Crippen LogP contribution < -0.4 is 10.1 Å². The minimum atomic E-state index is -2.09. The molecule has 5 rings (SSSR count). The molecule has 4 saturated heterocycles. The van der Waals surface area contributed by atoms with Crippen molar-refractivity contribution in [2.24, 2.45) is 0 Å². The van der Waals surface area contributed by atoms with Crippen molar-refractivity contribution >= 4 is 11.6 Å². The quantitative estimate of drug-likeness (QED) is 0.0612. The molecule has 324 valence electrons. The van der Waals surface area contributed by atoms with Gasteiger partial charge in [0.05, 0.1) is 31.4 Å². The minimum Gasteiger partial charge on any atom is -0.462 e. The highest BCUT2D eigenvalue weighted by Gasteiger charge is 2.56. The molecule has 13 N–H and O–H groups in total. The summed E-state index contributed by atoms with van der Waals surface area (Å²) in [6, 6.07) is 2.97. The third kappa shape index (κ3) is 9.79. The van der Waals surface area contributed by atoms with E-state index in [0.29, 0.717) is 0 Å². The van der Waals surface area contributed by atoms with Crippen molar-refractivity contribution in [2.75, 3.05) is 26.4 Å². The first-order chi connectivity index (χ1) is 27.0. The van der Waals surface area contributed by atoms with Gasteiger partial charge in [-0.25, -0.2) is 0 Å². The second-order valence-electron chi connectivity index (χ2n) is 13.7. The molecule has 4 fully saturated rings. The number of amides is 1. The maximum Gasteiger partial charge on any atom is 0.269 e. The van der Waals surface area contributed by atoms with Gasteiger partial charge in [0.1, 0.15) is 103 Å². The highest BCUT2D eigenvalue weighted by molar-refractivity contribution is 5.73. The minimum absolute atomic E-state index is 0.0157. The number of carbonyl (C=O) groups is 1. The molecule has 57 heavy (non-hydrogen) atoms. The van der Waals surface area contributed by atoms with Gasteiger partial charge in [-0.05, 0) is 12.1 Å². The first-order valence-electron chi connectivity index (χ1n) is 17.7. The molecule has 25 heteroatoms. The van der Waals surface area contributed by atoms with Crippen LogP contribution in [0.15, 0.2) is 24.3 Å². The summed E-state index contributed by atoms with van der Waals surface area (Å²) in [6.45, 7) is -2.53. The van der Waals surface area contributed by atoms with Crippen LogP contribution in [0, 0.1) is 10.1 Å². The van der Waals surface area contributed by atoms with E-state index in [1.165, 1.54) is 12.1 Å². The second-order valence-corrected chi connectivity index (χ2v) is 13.7. The van der Waals surface area contributed by atoms with Crippen molar-refractivity contribution in [3.8, 4) is 5.75 Å². The zero-order valence-corrected chi connectivity index (χ0v) is 30.0. The monoisotopic (exact) mass is 828 g/mol. The Balaban J connectivity index is 1.35. The van der Waals surface area contributed by atoms with E-state index < -0.39 is 160 Å². The number of benzene rings is 1. The fraction of sp³-hybridized carbons (Fsp3) is 0.781. The Morgan fingerprint density at radius 2 is 1.05 bits per heavy atom. The van der Waals surface area contributed by atoms with Crippen LogP contribution in [0.2, 0.25) is 0 Å². The Labute approximate surface area is 322 Å². The lowest BCUT2D eigenvalue weighted by atomic mass is 9.94. The van der Waals surface area contributed by atoms with Crippen LogP contribution in [0.3, 0.4) is 0 Å². The molecule has 1 aromatic carbocycles. The van der Waals surface area contributed by atoms with Gasteiger partial charge in [-0.15, -0.1) is 0 Å². The molecule has 25 nitrogen and oxygen atoms in total. The van der Waals surface area contributed by atoms with Crippen LogP contribution in [0.25, 0.3) is 0 Å². The van der Waals surface area contributed by atoms with Gasteiger partial charge in [0.2, 0.25) is 12.2 Å². The van der Waals surface area contributed by atoms with E-state index in [1.54, 1.807) is 0 Å². The number of ether oxygens (including phenoxy) is 8. The maximum atomic E-state index is 12.4. The Morgan fingerprint density at radius 1 is 0.596 bits per heavy atom. The number of nitrogens with zero attached hydrogens (tertiary/aromatic N) is 1. The Morgan fingerprint density at radius 3 is 1.60 bits per heavy atom. The van der Waals surface area contributed by atoms with E-state index in [2.05, 4.69) is 5.32 Å². The van der Waals surface area contributed by atoms with Crippen LogP contribution in [0.1, 0.15) is 6.92 Å². The number of hydrogen-bond donors (Lipinski definition) is 13. The summed E-state index contributed by atoms with van der Waals surface area (Å²) >= 11 is 0. The van der Waals surface area contributed by atoms with Crippen molar-refractivity contribution < 1.29 is 109 Å². The van der Waals surface area contributed by atoms with Crippen LogP contribution in [-0.2, 0) is 38.0 Å².